The minimum Gasteiger partial charge on any atom is -0.207 e. The highest BCUT2D eigenvalue weighted by atomic mass is 79.9. The standard InChI is InChI=1S/C8H12N4.C7H6BrClO2S/c1-7(3-9)5-11-12-6-8(2)4-10;8-5-6-3-1-2-4-7(6)12(9,10)11/h7-8H,5-6H2,1-2H3;1-4H,5H2. The van der Waals surface area contributed by atoms with Crippen molar-refractivity contribution < 1.29 is 8.42 Å². The van der Waals surface area contributed by atoms with Crippen LogP contribution in [-0.2, 0) is 14.4 Å². The van der Waals surface area contributed by atoms with Crippen LogP contribution >= 0.6 is 26.6 Å². The van der Waals surface area contributed by atoms with E-state index in [-0.39, 0.29) is 16.7 Å². The first-order chi connectivity index (χ1) is 11.3. The highest BCUT2D eigenvalue weighted by Gasteiger charge is 2.13. The molecule has 2 unspecified atom stereocenters. The van der Waals surface area contributed by atoms with Gasteiger partial charge in [0.05, 0.1) is 42.0 Å². The van der Waals surface area contributed by atoms with Gasteiger partial charge in [0.15, 0.2) is 0 Å². The monoisotopic (exact) mass is 432 g/mol. The number of hydrogen-bond donors (Lipinski definition) is 0. The van der Waals surface area contributed by atoms with E-state index in [4.69, 9.17) is 21.2 Å². The van der Waals surface area contributed by atoms with E-state index in [1.165, 1.54) is 6.07 Å². The smallest absolute Gasteiger partial charge is 0.207 e. The van der Waals surface area contributed by atoms with Crippen LogP contribution < -0.4 is 0 Å². The molecule has 0 saturated carbocycles. The van der Waals surface area contributed by atoms with Gasteiger partial charge >= 0.3 is 0 Å². The lowest BCUT2D eigenvalue weighted by molar-refractivity contribution is 0.609. The molecule has 0 aliphatic heterocycles. The van der Waals surface area contributed by atoms with Crippen molar-refractivity contribution in [1.29, 1.82) is 10.5 Å². The molecule has 1 aromatic rings. The van der Waals surface area contributed by atoms with Gasteiger partial charge in [-0.15, -0.1) is 0 Å². The highest BCUT2D eigenvalue weighted by molar-refractivity contribution is 9.08. The minimum atomic E-state index is -3.60. The minimum absolute atomic E-state index is 0.0915. The second kappa shape index (κ2) is 12.0. The third-order valence-corrected chi connectivity index (χ3v) is 4.66. The molecule has 9 heteroatoms. The average molecular weight is 434 g/mol. The van der Waals surface area contributed by atoms with E-state index >= 15 is 0 Å². The van der Waals surface area contributed by atoms with Crippen LogP contribution in [0.1, 0.15) is 19.4 Å². The van der Waals surface area contributed by atoms with Gasteiger partial charge in [-0.3, -0.25) is 0 Å². The fraction of sp³-hybridized carbons (Fsp3) is 0.467. The SMILES string of the molecule is CC(C#N)CN=NCC(C)C#N.O=S(=O)(Cl)c1ccccc1CBr. The Kier molecular flexibility index (Phi) is 11.2. The van der Waals surface area contributed by atoms with Gasteiger partial charge in [-0.1, -0.05) is 34.1 Å². The summed E-state index contributed by atoms with van der Waals surface area (Å²) < 4.78 is 21.9. The van der Waals surface area contributed by atoms with Crippen LogP contribution in [0.5, 0.6) is 0 Å². The van der Waals surface area contributed by atoms with Gasteiger partial charge in [0, 0.05) is 16.0 Å². The zero-order valence-corrected chi connectivity index (χ0v) is 16.5. The predicted molar refractivity (Wildman–Crippen MR) is 96.3 cm³/mol. The van der Waals surface area contributed by atoms with Gasteiger partial charge in [0.25, 0.3) is 9.05 Å². The zero-order chi connectivity index (χ0) is 18.6. The second-order valence-corrected chi connectivity index (χ2v) is 7.98. The van der Waals surface area contributed by atoms with Crippen molar-refractivity contribution in [3.05, 3.63) is 29.8 Å². The maximum absolute atomic E-state index is 11.0. The summed E-state index contributed by atoms with van der Waals surface area (Å²) in [5.74, 6) is -0.183. The Bertz CT molecular complexity index is 702. The second-order valence-electron chi connectivity index (χ2n) is 4.89. The van der Waals surface area contributed by atoms with Crippen molar-refractivity contribution in [2.45, 2.75) is 24.1 Å². The summed E-state index contributed by atoms with van der Waals surface area (Å²) in [6.07, 6.45) is 0. The number of halogens is 2. The van der Waals surface area contributed by atoms with E-state index in [1.54, 1.807) is 32.0 Å². The molecular formula is C15H18BrClN4O2S. The molecule has 24 heavy (non-hydrogen) atoms. The quantitative estimate of drug-likeness (QED) is 0.379. The van der Waals surface area contributed by atoms with Crippen LogP contribution in [0.15, 0.2) is 39.4 Å². The predicted octanol–water partition coefficient (Wildman–Crippen LogP) is 4.27. The van der Waals surface area contributed by atoms with Crippen LogP contribution in [0.3, 0.4) is 0 Å². The Balaban J connectivity index is 0.000000441. The Morgan fingerprint density at radius 3 is 1.92 bits per heavy atom. The van der Waals surface area contributed by atoms with E-state index in [9.17, 15) is 8.42 Å². The van der Waals surface area contributed by atoms with Crippen molar-refractivity contribution in [2.24, 2.45) is 22.1 Å². The largest absolute Gasteiger partial charge is 0.261 e. The molecule has 0 spiro atoms. The van der Waals surface area contributed by atoms with Crippen molar-refractivity contribution in [3.8, 4) is 12.1 Å². The zero-order valence-electron chi connectivity index (χ0n) is 13.4. The molecule has 0 aliphatic carbocycles. The summed E-state index contributed by atoms with van der Waals surface area (Å²) >= 11 is 3.18. The summed E-state index contributed by atoms with van der Waals surface area (Å²) in [6.45, 7) is 4.42. The van der Waals surface area contributed by atoms with Gasteiger partial charge in [-0.05, 0) is 25.5 Å². The van der Waals surface area contributed by atoms with E-state index in [2.05, 4.69) is 26.2 Å². The lowest BCUT2D eigenvalue weighted by atomic mass is 10.2. The Hall–Kier alpha value is -1.48. The molecule has 1 rings (SSSR count). The van der Waals surface area contributed by atoms with E-state index < -0.39 is 9.05 Å². The Labute approximate surface area is 155 Å². The van der Waals surface area contributed by atoms with E-state index in [0.717, 1.165) is 0 Å². The molecular weight excluding hydrogens is 416 g/mol. The molecule has 0 fully saturated rings. The topological polar surface area (TPSA) is 106 Å². The molecule has 1 aromatic carbocycles. The van der Waals surface area contributed by atoms with Gasteiger partial charge < -0.3 is 0 Å². The molecule has 0 amide bonds. The molecule has 2 atom stereocenters. The fourth-order valence-corrected chi connectivity index (χ4v) is 3.11. The summed E-state index contributed by atoms with van der Waals surface area (Å²) in [7, 11) is 1.59. The van der Waals surface area contributed by atoms with Crippen molar-refractivity contribution in [2.75, 3.05) is 13.1 Å². The number of azo groups is 1. The van der Waals surface area contributed by atoms with Gasteiger partial charge in [0.2, 0.25) is 0 Å². The summed E-state index contributed by atoms with van der Waals surface area (Å²) in [4.78, 5) is 0.170. The third kappa shape index (κ3) is 9.61. The maximum atomic E-state index is 11.0. The van der Waals surface area contributed by atoms with Crippen LogP contribution in [0.2, 0.25) is 0 Å². The lowest BCUT2D eigenvalue weighted by Gasteiger charge is -2.01. The van der Waals surface area contributed by atoms with Crippen LogP contribution in [0.4, 0.5) is 0 Å². The first-order valence-corrected chi connectivity index (χ1v) is 10.4. The highest BCUT2D eigenvalue weighted by Crippen LogP contribution is 2.21. The Morgan fingerprint density at radius 2 is 1.58 bits per heavy atom. The van der Waals surface area contributed by atoms with Gasteiger partial charge in [-0.25, -0.2) is 8.42 Å². The molecule has 0 aromatic heterocycles. The number of rotatable bonds is 6. The molecule has 0 aliphatic rings. The first-order valence-electron chi connectivity index (χ1n) is 6.97. The summed E-state index contributed by atoms with van der Waals surface area (Å²) in [5, 5.41) is 24.8. The Morgan fingerprint density at radius 1 is 1.12 bits per heavy atom. The van der Waals surface area contributed by atoms with Crippen LogP contribution in [0, 0.1) is 34.5 Å². The lowest BCUT2D eigenvalue weighted by Crippen LogP contribution is -1.96. The van der Waals surface area contributed by atoms with E-state index in [0.29, 0.717) is 24.0 Å². The van der Waals surface area contributed by atoms with Crippen molar-refractivity contribution in [1.82, 2.24) is 0 Å². The van der Waals surface area contributed by atoms with Crippen molar-refractivity contribution in [3.63, 3.8) is 0 Å². The molecule has 0 heterocycles. The normalized spacial score (nSPS) is 13.2. The van der Waals surface area contributed by atoms with E-state index in [1.807, 2.05) is 12.1 Å². The number of alkyl halides is 1. The first kappa shape index (κ1) is 22.5. The number of hydrogen-bond acceptors (Lipinski definition) is 6. The molecule has 0 bridgehead atoms. The summed E-state index contributed by atoms with van der Waals surface area (Å²) in [5.41, 5.74) is 0.674. The fourth-order valence-electron chi connectivity index (χ4n) is 1.29. The van der Waals surface area contributed by atoms with Crippen molar-refractivity contribution >= 4 is 35.7 Å². The maximum Gasteiger partial charge on any atom is 0.261 e. The third-order valence-electron chi connectivity index (χ3n) is 2.63. The summed E-state index contributed by atoms with van der Waals surface area (Å²) in [6, 6.07) is 10.7. The van der Waals surface area contributed by atoms with Crippen LogP contribution in [0.25, 0.3) is 0 Å². The van der Waals surface area contributed by atoms with Gasteiger partial charge in [0.1, 0.15) is 0 Å². The molecule has 0 N–H and O–H groups in total. The molecule has 6 nitrogen and oxygen atoms in total. The number of nitrogens with zero attached hydrogens (tertiary/aromatic N) is 4. The average Bonchev–Trinajstić information content (AvgIpc) is 2.57. The molecule has 0 radical (unpaired) electrons. The number of nitriles is 2. The molecule has 0 saturated heterocycles. The van der Waals surface area contributed by atoms with Crippen LogP contribution in [-0.4, -0.2) is 21.5 Å². The molecule has 130 valence electrons. The number of benzene rings is 1. The van der Waals surface area contributed by atoms with Gasteiger partial charge in [-0.2, -0.15) is 20.8 Å².